The third-order valence-electron chi connectivity index (χ3n) is 5.85. The van der Waals surface area contributed by atoms with E-state index in [4.69, 9.17) is 15.2 Å². The van der Waals surface area contributed by atoms with Gasteiger partial charge < -0.3 is 15.2 Å². The van der Waals surface area contributed by atoms with Gasteiger partial charge in [-0.15, -0.1) is 0 Å². The van der Waals surface area contributed by atoms with Crippen molar-refractivity contribution in [3.8, 4) is 0 Å². The number of hydrogen-bond donors (Lipinski definition) is 1. The zero-order chi connectivity index (χ0) is 13.0. The fourth-order valence-corrected chi connectivity index (χ4v) is 4.63. The fourth-order valence-electron chi connectivity index (χ4n) is 4.63. The molecule has 0 bridgehead atoms. The smallest absolute Gasteiger partial charge is 0.246 e. The van der Waals surface area contributed by atoms with E-state index in [2.05, 4.69) is 0 Å². The lowest BCUT2D eigenvalue weighted by Crippen LogP contribution is -2.33. The van der Waals surface area contributed by atoms with Crippen molar-refractivity contribution in [3.05, 3.63) is 0 Å². The average molecular weight is 265 g/mol. The van der Waals surface area contributed by atoms with Crippen LogP contribution in [-0.4, -0.2) is 30.8 Å². The van der Waals surface area contributed by atoms with Crippen LogP contribution in [0.15, 0.2) is 0 Å². The molecule has 19 heavy (non-hydrogen) atoms. The lowest BCUT2D eigenvalue weighted by atomic mass is 9.82. The maximum absolute atomic E-state index is 11.2. The molecular formula is C15H23NO3. The molecule has 2 aliphatic heterocycles. The van der Waals surface area contributed by atoms with E-state index < -0.39 is 0 Å². The first-order valence-electron chi connectivity index (χ1n) is 7.78. The van der Waals surface area contributed by atoms with Crippen molar-refractivity contribution >= 4 is 5.91 Å². The molecule has 4 heteroatoms. The number of carbonyl (C=O) groups excluding carboxylic acids is 1. The molecule has 0 radical (unpaired) electrons. The minimum absolute atomic E-state index is 0.196. The van der Waals surface area contributed by atoms with Gasteiger partial charge in [-0.1, -0.05) is 0 Å². The Kier molecular flexibility index (Phi) is 2.85. The number of nitrogens with two attached hydrogens (primary N) is 1. The first-order valence-corrected chi connectivity index (χ1v) is 7.78. The number of rotatable bonds is 2. The molecule has 2 N–H and O–H groups in total. The van der Waals surface area contributed by atoms with Crippen molar-refractivity contribution in [2.45, 2.75) is 56.8 Å². The minimum atomic E-state index is -0.358. The lowest BCUT2D eigenvalue weighted by Gasteiger charge is -2.25. The topological polar surface area (TPSA) is 61.6 Å². The fraction of sp³-hybridized carbons (Fsp3) is 0.933. The molecule has 0 aromatic rings. The van der Waals surface area contributed by atoms with Crippen LogP contribution < -0.4 is 5.73 Å². The van der Waals surface area contributed by atoms with E-state index >= 15 is 0 Å². The van der Waals surface area contributed by atoms with Crippen LogP contribution >= 0.6 is 0 Å². The molecule has 106 valence electrons. The van der Waals surface area contributed by atoms with E-state index in [-0.39, 0.29) is 18.1 Å². The number of amides is 1. The molecule has 4 aliphatic rings. The molecule has 0 aromatic heterocycles. The Hall–Kier alpha value is -0.610. The van der Waals surface area contributed by atoms with Crippen LogP contribution in [0.1, 0.15) is 38.5 Å². The molecule has 1 amide bonds. The van der Waals surface area contributed by atoms with Gasteiger partial charge in [-0.05, 0) is 56.3 Å². The van der Waals surface area contributed by atoms with Crippen molar-refractivity contribution in [3.63, 3.8) is 0 Å². The Bertz CT molecular complexity index is 386. The molecule has 4 fully saturated rings. The van der Waals surface area contributed by atoms with Gasteiger partial charge in [0.05, 0.1) is 18.8 Å². The van der Waals surface area contributed by atoms with Gasteiger partial charge in [0.25, 0.3) is 0 Å². The molecule has 7 atom stereocenters. The Morgan fingerprint density at radius 1 is 0.947 bits per heavy atom. The number of carbonyl (C=O) groups is 1. The summed E-state index contributed by atoms with van der Waals surface area (Å²) < 4.78 is 11.9. The molecule has 7 unspecified atom stereocenters. The van der Waals surface area contributed by atoms with Crippen LogP contribution in [0, 0.1) is 23.7 Å². The molecule has 2 heterocycles. The van der Waals surface area contributed by atoms with E-state index in [0.717, 1.165) is 31.3 Å². The zero-order valence-corrected chi connectivity index (χ0v) is 11.3. The van der Waals surface area contributed by atoms with Crippen LogP contribution in [0.5, 0.6) is 0 Å². The second-order valence-corrected chi connectivity index (χ2v) is 6.91. The molecule has 0 spiro atoms. The van der Waals surface area contributed by atoms with Crippen LogP contribution in [0.25, 0.3) is 0 Å². The first kappa shape index (κ1) is 12.2. The summed E-state index contributed by atoms with van der Waals surface area (Å²) in [6.45, 7) is 0.822. The second kappa shape index (κ2) is 4.45. The predicted molar refractivity (Wildman–Crippen MR) is 69.3 cm³/mol. The third-order valence-corrected chi connectivity index (χ3v) is 5.85. The minimum Gasteiger partial charge on any atom is -0.378 e. The van der Waals surface area contributed by atoms with Crippen molar-refractivity contribution in [1.29, 1.82) is 0 Å². The van der Waals surface area contributed by atoms with Gasteiger partial charge in [0.15, 0.2) is 0 Å². The maximum Gasteiger partial charge on any atom is 0.246 e. The summed E-state index contributed by atoms with van der Waals surface area (Å²) in [7, 11) is 0. The van der Waals surface area contributed by atoms with Gasteiger partial charge in [-0.2, -0.15) is 0 Å². The van der Waals surface area contributed by atoms with Crippen LogP contribution in [0.3, 0.4) is 0 Å². The van der Waals surface area contributed by atoms with Crippen LogP contribution in [-0.2, 0) is 14.3 Å². The SMILES string of the molecule is NC(=O)C1CCC(C2COC3CC4CC4CCC32)O1. The number of hydrogen-bond acceptors (Lipinski definition) is 3. The van der Waals surface area contributed by atoms with Gasteiger partial charge in [-0.25, -0.2) is 0 Å². The van der Waals surface area contributed by atoms with Crippen LogP contribution in [0.4, 0.5) is 0 Å². The van der Waals surface area contributed by atoms with Gasteiger partial charge in [0.1, 0.15) is 6.10 Å². The van der Waals surface area contributed by atoms with Crippen LogP contribution in [0.2, 0.25) is 0 Å². The third kappa shape index (κ3) is 2.09. The summed E-state index contributed by atoms with van der Waals surface area (Å²) in [5.41, 5.74) is 5.34. The van der Waals surface area contributed by atoms with Gasteiger partial charge in [0.2, 0.25) is 5.91 Å². The molecule has 2 saturated heterocycles. The van der Waals surface area contributed by atoms with Crippen molar-refractivity contribution in [2.75, 3.05) is 6.61 Å². The molecule has 4 nitrogen and oxygen atoms in total. The Morgan fingerprint density at radius 2 is 1.84 bits per heavy atom. The quantitative estimate of drug-likeness (QED) is 0.822. The predicted octanol–water partition coefficient (Wildman–Crippen LogP) is 1.47. The lowest BCUT2D eigenvalue weighted by molar-refractivity contribution is -0.130. The van der Waals surface area contributed by atoms with Crippen molar-refractivity contribution in [1.82, 2.24) is 0 Å². The normalized spacial score (nSPS) is 52.3. The van der Waals surface area contributed by atoms with Crippen molar-refractivity contribution < 1.29 is 14.3 Å². The van der Waals surface area contributed by atoms with E-state index in [1.807, 2.05) is 0 Å². The molecule has 2 aliphatic carbocycles. The van der Waals surface area contributed by atoms with E-state index in [9.17, 15) is 4.79 Å². The molecule has 4 rings (SSSR count). The second-order valence-electron chi connectivity index (χ2n) is 6.91. The van der Waals surface area contributed by atoms with Crippen molar-refractivity contribution in [2.24, 2.45) is 29.4 Å². The van der Waals surface area contributed by atoms with Gasteiger partial charge in [0, 0.05) is 5.92 Å². The Balaban J connectivity index is 1.43. The highest BCUT2D eigenvalue weighted by atomic mass is 16.5. The summed E-state index contributed by atoms with van der Waals surface area (Å²) in [5.74, 6) is 2.77. The largest absolute Gasteiger partial charge is 0.378 e. The highest BCUT2D eigenvalue weighted by Crippen LogP contribution is 2.53. The first-order chi connectivity index (χ1) is 9.22. The number of primary amides is 1. The summed E-state index contributed by atoms with van der Waals surface area (Å²) in [6.07, 6.45) is 7.41. The van der Waals surface area contributed by atoms with Gasteiger partial charge in [-0.3, -0.25) is 4.79 Å². The maximum atomic E-state index is 11.2. The average Bonchev–Trinajstić information content (AvgIpc) is 2.81. The summed E-state index contributed by atoms with van der Waals surface area (Å²) in [5, 5.41) is 0. The summed E-state index contributed by atoms with van der Waals surface area (Å²) in [6, 6.07) is 0. The van der Waals surface area contributed by atoms with E-state index in [1.165, 1.54) is 25.7 Å². The Morgan fingerprint density at radius 3 is 2.63 bits per heavy atom. The highest BCUT2D eigenvalue weighted by molar-refractivity contribution is 5.79. The summed E-state index contributed by atoms with van der Waals surface area (Å²) >= 11 is 0. The Labute approximate surface area is 114 Å². The number of ether oxygens (including phenoxy) is 2. The monoisotopic (exact) mass is 265 g/mol. The molecular weight excluding hydrogens is 242 g/mol. The standard InChI is InChI=1S/C15H23NO3/c16-15(17)13-4-3-12(19-13)11-7-18-14-6-9-5-8(9)1-2-10(11)14/h8-14H,1-7H2,(H2,16,17). The zero-order valence-electron chi connectivity index (χ0n) is 11.3. The van der Waals surface area contributed by atoms with E-state index in [1.54, 1.807) is 0 Å². The summed E-state index contributed by atoms with van der Waals surface area (Å²) in [4.78, 5) is 11.2. The highest BCUT2D eigenvalue weighted by Gasteiger charge is 2.50. The number of fused-ring (bicyclic) bond motifs is 2. The van der Waals surface area contributed by atoms with Gasteiger partial charge >= 0.3 is 0 Å². The van der Waals surface area contributed by atoms with E-state index in [0.29, 0.717) is 17.9 Å². The molecule has 0 aromatic carbocycles. The molecule has 2 saturated carbocycles.